The van der Waals surface area contributed by atoms with Gasteiger partial charge in [-0.2, -0.15) is 12.6 Å². The summed E-state index contributed by atoms with van der Waals surface area (Å²) in [4.78, 5) is 4.38. The molecule has 0 spiro atoms. The van der Waals surface area contributed by atoms with Gasteiger partial charge in [-0.05, 0) is 50.9 Å². The maximum atomic E-state index is 6.20. The third kappa shape index (κ3) is 3.23. The Morgan fingerprint density at radius 2 is 1.88 bits per heavy atom. The standard InChI is InChI=1S/C18H21BClNO2S/c1-17(2)18(3,4)23-19(22-17)13(11-24)9-12-5-6-14-15(20)7-8-21-16(14)10-12/h5-10,24H,11H2,1-4H3. The normalized spacial score (nSPS) is 19.9. The van der Waals surface area contributed by atoms with Gasteiger partial charge in [0.1, 0.15) is 0 Å². The molecule has 0 amide bonds. The first-order valence-electron chi connectivity index (χ1n) is 7.95. The second-order valence-electron chi connectivity index (χ2n) is 7.03. The average Bonchev–Trinajstić information content (AvgIpc) is 2.73. The average molecular weight is 362 g/mol. The molecule has 1 saturated heterocycles. The molecule has 2 aromatic rings. The van der Waals surface area contributed by atoms with Crippen molar-refractivity contribution >= 4 is 48.3 Å². The molecule has 2 heterocycles. The van der Waals surface area contributed by atoms with Crippen molar-refractivity contribution in [3.8, 4) is 0 Å². The molecule has 6 heteroatoms. The Labute approximate surface area is 153 Å². The Hall–Kier alpha value is -1.01. The molecule has 0 aliphatic carbocycles. The monoisotopic (exact) mass is 361 g/mol. The largest absolute Gasteiger partial charge is 0.491 e. The Morgan fingerprint density at radius 1 is 1.21 bits per heavy atom. The summed E-state index contributed by atoms with van der Waals surface area (Å²) in [5.41, 5.74) is 2.15. The van der Waals surface area contributed by atoms with Crippen LogP contribution in [0, 0.1) is 0 Å². The van der Waals surface area contributed by atoms with E-state index in [2.05, 4.69) is 23.7 Å². The van der Waals surface area contributed by atoms with Crippen molar-refractivity contribution in [2.24, 2.45) is 0 Å². The van der Waals surface area contributed by atoms with E-state index in [1.54, 1.807) is 12.3 Å². The summed E-state index contributed by atoms with van der Waals surface area (Å²) in [6.07, 6.45) is 3.77. The molecule has 0 unspecified atom stereocenters. The lowest BCUT2D eigenvalue weighted by Gasteiger charge is -2.32. The fraction of sp³-hybridized carbons (Fsp3) is 0.389. The van der Waals surface area contributed by atoms with Crippen LogP contribution < -0.4 is 0 Å². The fourth-order valence-electron chi connectivity index (χ4n) is 2.62. The predicted octanol–water partition coefficient (Wildman–Crippen LogP) is 4.83. The highest BCUT2D eigenvalue weighted by Gasteiger charge is 2.52. The second-order valence-corrected chi connectivity index (χ2v) is 7.76. The van der Waals surface area contributed by atoms with E-state index in [9.17, 15) is 0 Å². The van der Waals surface area contributed by atoms with Crippen molar-refractivity contribution in [3.63, 3.8) is 0 Å². The molecule has 3 rings (SSSR count). The van der Waals surface area contributed by atoms with Gasteiger partial charge >= 0.3 is 7.12 Å². The predicted molar refractivity (Wildman–Crippen MR) is 105 cm³/mol. The number of pyridine rings is 1. The van der Waals surface area contributed by atoms with Gasteiger partial charge in [0, 0.05) is 17.3 Å². The van der Waals surface area contributed by atoms with E-state index in [0.717, 1.165) is 21.9 Å². The lowest BCUT2D eigenvalue weighted by atomic mass is 9.78. The van der Waals surface area contributed by atoms with Crippen LogP contribution in [0.25, 0.3) is 17.0 Å². The second kappa shape index (κ2) is 6.38. The molecule has 0 radical (unpaired) electrons. The quantitative estimate of drug-likeness (QED) is 0.627. The minimum Gasteiger partial charge on any atom is -0.400 e. The SMILES string of the molecule is CC1(C)OB(C(=Cc2ccc3c(Cl)ccnc3c2)CS)OC1(C)C. The summed E-state index contributed by atoms with van der Waals surface area (Å²) >= 11 is 10.7. The van der Waals surface area contributed by atoms with Gasteiger partial charge in [-0.25, -0.2) is 0 Å². The van der Waals surface area contributed by atoms with Crippen molar-refractivity contribution < 1.29 is 9.31 Å². The first kappa shape index (κ1) is 17.8. The summed E-state index contributed by atoms with van der Waals surface area (Å²) < 4.78 is 12.2. The van der Waals surface area contributed by atoms with Crippen LogP contribution in [0.2, 0.25) is 5.02 Å². The molecule has 1 fully saturated rings. The first-order valence-corrected chi connectivity index (χ1v) is 8.96. The zero-order valence-electron chi connectivity index (χ0n) is 14.3. The lowest BCUT2D eigenvalue weighted by molar-refractivity contribution is 0.00578. The third-order valence-corrected chi connectivity index (χ3v) is 5.50. The van der Waals surface area contributed by atoms with Crippen molar-refractivity contribution in [2.45, 2.75) is 38.9 Å². The number of halogens is 1. The Bertz CT molecular complexity index is 791. The molecule has 0 N–H and O–H groups in total. The van der Waals surface area contributed by atoms with Crippen molar-refractivity contribution in [3.05, 3.63) is 46.5 Å². The lowest BCUT2D eigenvalue weighted by Crippen LogP contribution is -2.41. The van der Waals surface area contributed by atoms with Gasteiger partial charge in [0.2, 0.25) is 0 Å². The Balaban J connectivity index is 1.94. The van der Waals surface area contributed by atoms with E-state index in [1.807, 2.05) is 45.9 Å². The van der Waals surface area contributed by atoms with Crippen LogP contribution in [0.4, 0.5) is 0 Å². The minimum atomic E-state index is -0.393. The molecule has 24 heavy (non-hydrogen) atoms. The first-order chi connectivity index (χ1) is 11.2. The molecular formula is C18H21BClNO2S. The smallest absolute Gasteiger partial charge is 0.400 e. The van der Waals surface area contributed by atoms with Crippen molar-refractivity contribution in [1.29, 1.82) is 0 Å². The number of benzene rings is 1. The molecule has 3 nitrogen and oxygen atoms in total. The van der Waals surface area contributed by atoms with Crippen LogP contribution in [0.15, 0.2) is 35.9 Å². The molecule has 1 aromatic heterocycles. The number of nitrogens with zero attached hydrogens (tertiary/aromatic N) is 1. The van der Waals surface area contributed by atoms with E-state index in [1.165, 1.54) is 0 Å². The summed E-state index contributed by atoms with van der Waals surface area (Å²) in [7, 11) is -0.393. The molecule has 126 valence electrons. The number of hydrogen-bond donors (Lipinski definition) is 1. The van der Waals surface area contributed by atoms with Crippen molar-refractivity contribution in [2.75, 3.05) is 5.75 Å². The van der Waals surface area contributed by atoms with E-state index < -0.39 is 7.12 Å². The molecule has 0 bridgehead atoms. The molecule has 1 aliphatic heterocycles. The molecule has 1 aliphatic rings. The highest BCUT2D eigenvalue weighted by atomic mass is 35.5. The Morgan fingerprint density at radius 3 is 2.50 bits per heavy atom. The summed E-state index contributed by atoms with van der Waals surface area (Å²) in [5.74, 6) is 0.553. The fourth-order valence-corrected chi connectivity index (χ4v) is 3.07. The van der Waals surface area contributed by atoms with Crippen LogP contribution in [0.3, 0.4) is 0 Å². The van der Waals surface area contributed by atoms with Gasteiger partial charge in [-0.1, -0.05) is 29.8 Å². The summed E-state index contributed by atoms with van der Waals surface area (Å²) in [6, 6.07) is 7.81. The zero-order chi connectivity index (χ0) is 17.5. The number of aromatic nitrogens is 1. The molecule has 1 aromatic carbocycles. The van der Waals surface area contributed by atoms with Gasteiger partial charge in [0.15, 0.2) is 0 Å². The van der Waals surface area contributed by atoms with E-state index in [0.29, 0.717) is 10.8 Å². The maximum Gasteiger partial charge on any atom is 0.491 e. The Kier molecular flexibility index (Phi) is 4.73. The highest BCUT2D eigenvalue weighted by molar-refractivity contribution is 7.80. The van der Waals surface area contributed by atoms with Gasteiger partial charge in [0.25, 0.3) is 0 Å². The number of fused-ring (bicyclic) bond motifs is 1. The van der Waals surface area contributed by atoms with Crippen LogP contribution in [0.1, 0.15) is 33.3 Å². The van der Waals surface area contributed by atoms with Crippen LogP contribution in [-0.2, 0) is 9.31 Å². The van der Waals surface area contributed by atoms with E-state index >= 15 is 0 Å². The zero-order valence-corrected chi connectivity index (χ0v) is 16.0. The minimum absolute atomic E-state index is 0.363. The van der Waals surface area contributed by atoms with E-state index in [-0.39, 0.29) is 11.2 Å². The van der Waals surface area contributed by atoms with Crippen LogP contribution >= 0.6 is 24.2 Å². The van der Waals surface area contributed by atoms with Gasteiger partial charge in [-0.15, -0.1) is 0 Å². The van der Waals surface area contributed by atoms with Gasteiger partial charge in [0.05, 0.1) is 21.7 Å². The highest BCUT2D eigenvalue weighted by Crippen LogP contribution is 2.39. The van der Waals surface area contributed by atoms with Gasteiger partial charge in [-0.3, -0.25) is 4.98 Å². The molecular weight excluding hydrogens is 341 g/mol. The number of hydrogen-bond acceptors (Lipinski definition) is 4. The summed E-state index contributed by atoms with van der Waals surface area (Å²) in [5, 5.41) is 1.65. The number of thiol groups is 1. The molecule has 0 atom stereocenters. The van der Waals surface area contributed by atoms with Crippen molar-refractivity contribution in [1.82, 2.24) is 4.98 Å². The topological polar surface area (TPSA) is 31.4 Å². The van der Waals surface area contributed by atoms with Crippen LogP contribution in [-0.4, -0.2) is 29.1 Å². The third-order valence-electron chi connectivity index (χ3n) is 4.80. The molecule has 0 saturated carbocycles. The van der Waals surface area contributed by atoms with E-state index in [4.69, 9.17) is 20.9 Å². The van der Waals surface area contributed by atoms with Gasteiger partial charge < -0.3 is 9.31 Å². The summed E-state index contributed by atoms with van der Waals surface area (Å²) in [6.45, 7) is 8.19. The maximum absolute atomic E-state index is 6.20. The number of rotatable bonds is 3. The van der Waals surface area contributed by atoms with Crippen LogP contribution in [0.5, 0.6) is 0 Å².